The second-order valence-electron chi connectivity index (χ2n) is 5.56. The minimum atomic E-state index is 0.221. The number of piperidine rings is 1. The summed E-state index contributed by atoms with van der Waals surface area (Å²) in [6.45, 7) is 11.8. The van der Waals surface area contributed by atoms with Crippen molar-refractivity contribution < 1.29 is 4.79 Å². The van der Waals surface area contributed by atoms with Gasteiger partial charge in [0.15, 0.2) is 0 Å². The van der Waals surface area contributed by atoms with Gasteiger partial charge in [0, 0.05) is 31.7 Å². The molecule has 1 rings (SSSR count). The Balaban J connectivity index is 2.41. The van der Waals surface area contributed by atoms with E-state index in [-0.39, 0.29) is 5.91 Å². The quantitative estimate of drug-likeness (QED) is 0.801. The normalized spacial score (nSPS) is 29.3. The Morgan fingerprint density at radius 3 is 2.50 bits per heavy atom. The molecule has 0 aromatic rings. The molecular formula is C14H29N3O. The predicted octanol–water partition coefficient (Wildman–Crippen LogP) is 1.17. The first kappa shape index (κ1) is 15.4. The van der Waals surface area contributed by atoms with Crippen molar-refractivity contribution in [3.63, 3.8) is 0 Å². The van der Waals surface area contributed by atoms with Crippen LogP contribution in [0, 0.1) is 5.92 Å². The van der Waals surface area contributed by atoms with Gasteiger partial charge in [-0.25, -0.2) is 0 Å². The average Bonchev–Trinajstić information content (AvgIpc) is 2.33. The third kappa shape index (κ3) is 3.95. The third-order valence-corrected chi connectivity index (χ3v) is 4.24. The van der Waals surface area contributed by atoms with Crippen LogP contribution >= 0.6 is 0 Å². The lowest BCUT2D eigenvalue weighted by Crippen LogP contribution is -2.52. The number of nitrogens with zero attached hydrogens (tertiary/aromatic N) is 2. The Labute approximate surface area is 112 Å². The standard InChI is InChI=1S/C14H29N3O/c1-6-17(7-2)14(18)9-15-13-8-12(4)16(5)10-11(13)3/h11-13,15H,6-10H2,1-5H3. The molecule has 1 aliphatic rings. The van der Waals surface area contributed by atoms with E-state index in [9.17, 15) is 4.79 Å². The number of likely N-dealkylation sites (N-methyl/N-ethyl adjacent to an activating group) is 1. The van der Waals surface area contributed by atoms with Crippen molar-refractivity contribution >= 4 is 5.91 Å². The van der Waals surface area contributed by atoms with Gasteiger partial charge in [-0.15, -0.1) is 0 Å². The molecule has 1 heterocycles. The zero-order valence-electron chi connectivity index (χ0n) is 12.6. The Morgan fingerprint density at radius 2 is 1.94 bits per heavy atom. The molecular weight excluding hydrogens is 226 g/mol. The molecule has 1 amide bonds. The fourth-order valence-electron chi connectivity index (χ4n) is 2.73. The summed E-state index contributed by atoms with van der Waals surface area (Å²) < 4.78 is 0. The molecule has 0 aliphatic carbocycles. The van der Waals surface area contributed by atoms with E-state index in [2.05, 4.69) is 31.1 Å². The smallest absolute Gasteiger partial charge is 0.236 e. The highest BCUT2D eigenvalue weighted by atomic mass is 16.2. The van der Waals surface area contributed by atoms with Gasteiger partial charge in [0.1, 0.15) is 0 Å². The minimum absolute atomic E-state index is 0.221. The first-order chi connectivity index (χ1) is 8.49. The summed E-state index contributed by atoms with van der Waals surface area (Å²) >= 11 is 0. The molecule has 1 aliphatic heterocycles. The fraction of sp³-hybridized carbons (Fsp3) is 0.929. The molecule has 106 valence electrons. The average molecular weight is 255 g/mol. The van der Waals surface area contributed by atoms with Crippen LogP contribution < -0.4 is 5.32 Å². The van der Waals surface area contributed by atoms with E-state index >= 15 is 0 Å². The minimum Gasteiger partial charge on any atom is -0.342 e. The summed E-state index contributed by atoms with van der Waals surface area (Å²) in [6, 6.07) is 1.07. The number of nitrogens with one attached hydrogen (secondary N) is 1. The Hall–Kier alpha value is -0.610. The van der Waals surface area contributed by atoms with Gasteiger partial charge in [-0.05, 0) is 40.2 Å². The molecule has 0 spiro atoms. The first-order valence-electron chi connectivity index (χ1n) is 7.20. The summed E-state index contributed by atoms with van der Waals surface area (Å²) in [5.74, 6) is 0.828. The summed E-state index contributed by atoms with van der Waals surface area (Å²) in [7, 11) is 2.18. The highest BCUT2D eigenvalue weighted by Crippen LogP contribution is 2.20. The van der Waals surface area contributed by atoms with Gasteiger partial charge < -0.3 is 15.1 Å². The van der Waals surface area contributed by atoms with E-state index in [1.807, 2.05) is 18.7 Å². The Bertz CT molecular complexity index is 266. The summed E-state index contributed by atoms with van der Waals surface area (Å²) in [6.07, 6.45) is 1.13. The highest BCUT2D eigenvalue weighted by Gasteiger charge is 2.28. The number of amides is 1. The molecule has 0 aromatic heterocycles. The summed E-state index contributed by atoms with van der Waals surface area (Å²) in [5.41, 5.74) is 0. The van der Waals surface area contributed by atoms with Crippen LogP contribution in [-0.4, -0.2) is 61.0 Å². The number of rotatable bonds is 5. The SMILES string of the molecule is CCN(CC)C(=O)CNC1CC(C)N(C)CC1C. The topological polar surface area (TPSA) is 35.6 Å². The monoisotopic (exact) mass is 255 g/mol. The van der Waals surface area contributed by atoms with Gasteiger partial charge in [0.05, 0.1) is 6.54 Å². The molecule has 18 heavy (non-hydrogen) atoms. The molecule has 0 saturated carbocycles. The van der Waals surface area contributed by atoms with Gasteiger partial charge in [-0.3, -0.25) is 4.79 Å². The van der Waals surface area contributed by atoms with Crippen molar-refractivity contribution in [3.05, 3.63) is 0 Å². The Morgan fingerprint density at radius 1 is 1.33 bits per heavy atom. The van der Waals surface area contributed by atoms with Crippen molar-refractivity contribution in [1.29, 1.82) is 0 Å². The van der Waals surface area contributed by atoms with Gasteiger partial charge in [0.2, 0.25) is 5.91 Å². The zero-order chi connectivity index (χ0) is 13.7. The maximum Gasteiger partial charge on any atom is 0.236 e. The van der Waals surface area contributed by atoms with Crippen molar-refractivity contribution in [1.82, 2.24) is 15.1 Å². The van der Waals surface area contributed by atoms with Crippen LogP contribution in [0.25, 0.3) is 0 Å². The molecule has 1 saturated heterocycles. The molecule has 1 N–H and O–H groups in total. The van der Waals surface area contributed by atoms with Crippen molar-refractivity contribution in [3.8, 4) is 0 Å². The van der Waals surface area contributed by atoms with Crippen LogP contribution in [0.15, 0.2) is 0 Å². The van der Waals surface area contributed by atoms with Crippen molar-refractivity contribution in [2.45, 2.75) is 46.2 Å². The third-order valence-electron chi connectivity index (χ3n) is 4.24. The molecule has 0 aromatic carbocycles. The second-order valence-corrected chi connectivity index (χ2v) is 5.56. The molecule has 1 fully saturated rings. The lowest BCUT2D eigenvalue weighted by Gasteiger charge is -2.40. The van der Waals surface area contributed by atoms with Crippen LogP contribution in [-0.2, 0) is 4.79 Å². The maximum atomic E-state index is 12.0. The van der Waals surface area contributed by atoms with Crippen LogP contribution in [0.3, 0.4) is 0 Å². The Kier molecular flexibility index (Phi) is 6.09. The number of hydrogen-bond donors (Lipinski definition) is 1. The molecule has 0 bridgehead atoms. The maximum absolute atomic E-state index is 12.0. The molecule has 4 nitrogen and oxygen atoms in total. The van der Waals surface area contributed by atoms with Crippen molar-refractivity contribution in [2.75, 3.05) is 33.2 Å². The van der Waals surface area contributed by atoms with E-state index < -0.39 is 0 Å². The molecule has 4 heteroatoms. The van der Waals surface area contributed by atoms with Gasteiger partial charge in [-0.1, -0.05) is 6.92 Å². The van der Waals surface area contributed by atoms with E-state index in [0.717, 1.165) is 26.1 Å². The van der Waals surface area contributed by atoms with Crippen LogP contribution in [0.5, 0.6) is 0 Å². The van der Waals surface area contributed by atoms with E-state index in [1.54, 1.807) is 0 Å². The predicted molar refractivity (Wildman–Crippen MR) is 75.6 cm³/mol. The van der Waals surface area contributed by atoms with Crippen LogP contribution in [0.1, 0.15) is 34.1 Å². The molecule has 3 unspecified atom stereocenters. The molecule has 0 radical (unpaired) electrons. The fourth-order valence-corrected chi connectivity index (χ4v) is 2.73. The summed E-state index contributed by atoms with van der Waals surface area (Å²) in [4.78, 5) is 16.2. The van der Waals surface area contributed by atoms with Gasteiger partial charge in [-0.2, -0.15) is 0 Å². The van der Waals surface area contributed by atoms with E-state index in [0.29, 0.717) is 24.5 Å². The summed E-state index contributed by atoms with van der Waals surface area (Å²) in [5, 5.41) is 3.45. The van der Waals surface area contributed by atoms with Gasteiger partial charge >= 0.3 is 0 Å². The van der Waals surface area contributed by atoms with Crippen molar-refractivity contribution in [2.24, 2.45) is 5.92 Å². The zero-order valence-corrected chi connectivity index (χ0v) is 12.6. The largest absolute Gasteiger partial charge is 0.342 e. The van der Waals surface area contributed by atoms with Crippen LogP contribution in [0.2, 0.25) is 0 Å². The second kappa shape index (κ2) is 7.10. The van der Waals surface area contributed by atoms with E-state index in [1.165, 1.54) is 0 Å². The lowest BCUT2D eigenvalue weighted by atomic mass is 9.90. The molecule has 3 atom stereocenters. The number of likely N-dealkylation sites (tertiary alicyclic amines) is 1. The number of carbonyl (C=O) groups is 1. The lowest BCUT2D eigenvalue weighted by molar-refractivity contribution is -0.130. The number of hydrogen-bond acceptors (Lipinski definition) is 3. The first-order valence-corrected chi connectivity index (χ1v) is 7.20. The van der Waals surface area contributed by atoms with E-state index in [4.69, 9.17) is 0 Å². The highest BCUT2D eigenvalue weighted by molar-refractivity contribution is 5.78. The van der Waals surface area contributed by atoms with Crippen LogP contribution in [0.4, 0.5) is 0 Å². The van der Waals surface area contributed by atoms with Gasteiger partial charge in [0.25, 0.3) is 0 Å². The number of carbonyl (C=O) groups excluding carboxylic acids is 1.